The Morgan fingerprint density at radius 1 is 0.925 bits per heavy atom. The monoisotopic (exact) mass is 590 g/mol. The summed E-state index contributed by atoms with van der Waals surface area (Å²) in [4.78, 5) is 40.3. The van der Waals surface area contributed by atoms with Crippen molar-refractivity contribution in [3.05, 3.63) is 82.5 Å². The van der Waals surface area contributed by atoms with Gasteiger partial charge in [-0.15, -0.1) is 0 Å². The molecule has 3 amide bonds. The molecule has 1 heterocycles. The summed E-state index contributed by atoms with van der Waals surface area (Å²) in [6.07, 6.45) is 0.752. The lowest BCUT2D eigenvalue weighted by Gasteiger charge is -2.10. The van der Waals surface area contributed by atoms with Crippen molar-refractivity contribution in [1.82, 2.24) is 20.3 Å². The van der Waals surface area contributed by atoms with Crippen LogP contribution in [0.4, 0.5) is 4.79 Å². The highest BCUT2D eigenvalue weighted by Crippen LogP contribution is 2.22. The maximum atomic E-state index is 12.7. The number of hydrogen-bond acceptors (Lipinski definition) is 9. The smallest absolute Gasteiger partial charge is 0.414 e. The summed E-state index contributed by atoms with van der Waals surface area (Å²) in [6.45, 7) is 0.821. The van der Waals surface area contributed by atoms with E-state index in [1.807, 2.05) is 4.72 Å². The summed E-state index contributed by atoms with van der Waals surface area (Å²) < 4.78 is 42.3. The highest BCUT2D eigenvalue weighted by molar-refractivity contribution is 7.90. The minimum absolute atomic E-state index is 0.0561. The van der Waals surface area contributed by atoms with Crippen molar-refractivity contribution in [2.24, 2.45) is 0 Å². The molecule has 14 heteroatoms. The highest BCUT2D eigenvalue weighted by atomic mass is 35.5. The van der Waals surface area contributed by atoms with Gasteiger partial charge in [-0.2, -0.15) is 0 Å². The standard InChI is InChI=1S/C26H27ClN4O8S/c1-37-14-13-29-26(34)39-23-10-5-18(16-30-23)24(32)31-40(35,36)20-7-3-17(4-8-20)11-12-28-25(33)21-15-19(27)6-9-22(21)38-2/h3-10,15-16H,11-14H2,1-2H3,(H,28,33)(H,29,34)(H,31,32). The van der Waals surface area contributed by atoms with Crippen molar-refractivity contribution >= 4 is 39.5 Å². The van der Waals surface area contributed by atoms with Crippen molar-refractivity contribution in [1.29, 1.82) is 0 Å². The summed E-state index contributed by atoms with van der Waals surface area (Å²) in [5.74, 6) is -0.958. The number of amides is 3. The summed E-state index contributed by atoms with van der Waals surface area (Å²) in [7, 11) is -1.24. The molecule has 0 saturated carbocycles. The second kappa shape index (κ2) is 14.3. The normalized spacial score (nSPS) is 10.9. The Kier molecular flexibility index (Phi) is 10.8. The van der Waals surface area contributed by atoms with Gasteiger partial charge < -0.3 is 24.8 Å². The van der Waals surface area contributed by atoms with Crippen LogP contribution in [0.2, 0.25) is 5.02 Å². The van der Waals surface area contributed by atoms with Gasteiger partial charge in [0.2, 0.25) is 5.88 Å². The fourth-order valence-electron chi connectivity index (χ4n) is 3.31. The number of pyridine rings is 1. The molecule has 0 aliphatic carbocycles. The van der Waals surface area contributed by atoms with E-state index in [-0.39, 0.29) is 35.3 Å². The van der Waals surface area contributed by atoms with Gasteiger partial charge in [0.25, 0.3) is 21.8 Å². The van der Waals surface area contributed by atoms with E-state index < -0.39 is 22.0 Å². The Morgan fingerprint density at radius 2 is 1.68 bits per heavy atom. The van der Waals surface area contributed by atoms with E-state index >= 15 is 0 Å². The van der Waals surface area contributed by atoms with Crippen molar-refractivity contribution in [2.75, 3.05) is 33.9 Å². The van der Waals surface area contributed by atoms with Gasteiger partial charge in [-0.3, -0.25) is 9.59 Å². The molecule has 0 aliphatic rings. The van der Waals surface area contributed by atoms with E-state index in [2.05, 4.69) is 15.6 Å². The molecule has 2 aromatic carbocycles. The topological polar surface area (TPSA) is 162 Å². The first-order chi connectivity index (χ1) is 19.1. The van der Waals surface area contributed by atoms with E-state index in [9.17, 15) is 22.8 Å². The molecular formula is C26H27ClN4O8S. The van der Waals surface area contributed by atoms with Gasteiger partial charge in [-0.1, -0.05) is 23.7 Å². The quantitative estimate of drug-likeness (QED) is 0.269. The molecule has 0 radical (unpaired) electrons. The molecule has 0 fully saturated rings. The molecule has 3 rings (SSSR count). The average Bonchev–Trinajstić information content (AvgIpc) is 2.93. The van der Waals surface area contributed by atoms with Gasteiger partial charge in [-0.05, 0) is 48.4 Å². The fraction of sp³-hybridized carbons (Fsp3) is 0.231. The lowest BCUT2D eigenvalue weighted by Crippen LogP contribution is -2.31. The lowest BCUT2D eigenvalue weighted by molar-refractivity contribution is 0.0948. The maximum absolute atomic E-state index is 12.7. The first-order valence-corrected chi connectivity index (χ1v) is 13.7. The fourth-order valence-corrected chi connectivity index (χ4v) is 4.46. The molecular weight excluding hydrogens is 564 g/mol. The zero-order valence-electron chi connectivity index (χ0n) is 21.6. The van der Waals surface area contributed by atoms with Crippen LogP contribution < -0.4 is 24.8 Å². The van der Waals surface area contributed by atoms with Crippen LogP contribution in [0.15, 0.2) is 65.7 Å². The average molecular weight is 591 g/mol. The largest absolute Gasteiger partial charge is 0.496 e. The molecule has 0 bridgehead atoms. The number of rotatable bonds is 12. The van der Waals surface area contributed by atoms with Gasteiger partial charge in [-0.25, -0.2) is 22.9 Å². The number of ether oxygens (including phenoxy) is 3. The molecule has 12 nitrogen and oxygen atoms in total. The predicted molar refractivity (Wildman–Crippen MR) is 145 cm³/mol. The van der Waals surface area contributed by atoms with Crippen molar-refractivity contribution < 1.29 is 37.0 Å². The number of carbonyl (C=O) groups is 3. The Hall–Kier alpha value is -4.20. The number of nitrogens with one attached hydrogen (secondary N) is 3. The SMILES string of the molecule is COCCNC(=O)Oc1ccc(C(=O)NS(=O)(=O)c2ccc(CCNC(=O)c3cc(Cl)ccc3OC)cc2)cn1. The summed E-state index contributed by atoms with van der Waals surface area (Å²) in [5.41, 5.74) is 1.00. The van der Waals surface area contributed by atoms with E-state index in [0.29, 0.717) is 29.4 Å². The molecule has 40 heavy (non-hydrogen) atoms. The number of methoxy groups -OCH3 is 2. The van der Waals surface area contributed by atoms with Crippen LogP contribution in [0.25, 0.3) is 0 Å². The minimum atomic E-state index is -4.18. The van der Waals surface area contributed by atoms with Gasteiger partial charge in [0.05, 0.1) is 29.7 Å². The van der Waals surface area contributed by atoms with Crippen molar-refractivity contribution in [2.45, 2.75) is 11.3 Å². The number of halogens is 1. The van der Waals surface area contributed by atoms with Gasteiger partial charge in [0.1, 0.15) is 5.75 Å². The number of nitrogens with zero attached hydrogens (tertiary/aromatic N) is 1. The Labute approximate surface area is 236 Å². The Balaban J connectivity index is 1.52. The highest BCUT2D eigenvalue weighted by Gasteiger charge is 2.19. The molecule has 3 N–H and O–H groups in total. The van der Waals surface area contributed by atoms with E-state index in [1.54, 1.807) is 24.3 Å². The number of aromatic nitrogens is 1. The lowest BCUT2D eigenvalue weighted by atomic mass is 10.1. The van der Waals surface area contributed by atoms with Crippen molar-refractivity contribution in [3.63, 3.8) is 0 Å². The molecule has 0 saturated heterocycles. The third-order valence-corrected chi connectivity index (χ3v) is 6.92. The van der Waals surface area contributed by atoms with Crippen LogP contribution in [-0.2, 0) is 21.2 Å². The minimum Gasteiger partial charge on any atom is -0.496 e. The second-order valence-corrected chi connectivity index (χ2v) is 10.2. The van der Waals surface area contributed by atoms with E-state index in [0.717, 1.165) is 11.8 Å². The van der Waals surface area contributed by atoms with E-state index in [1.165, 1.54) is 44.6 Å². The molecule has 3 aromatic rings. The van der Waals surface area contributed by atoms with Crippen LogP contribution in [0.1, 0.15) is 26.3 Å². The third-order valence-electron chi connectivity index (χ3n) is 5.34. The second-order valence-electron chi connectivity index (χ2n) is 8.12. The molecule has 212 valence electrons. The number of hydrogen-bond donors (Lipinski definition) is 3. The van der Waals surface area contributed by atoms with Crippen molar-refractivity contribution in [3.8, 4) is 11.6 Å². The molecule has 0 unspecified atom stereocenters. The van der Waals surface area contributed by atoms with Gasteiger partial charge in [0.15, 0.2) is 0 Å². The summed E-state index contributed by atoms with van der Waals surface area (Å²) in [5, 5.41) is 5.61. The maximum Gasteiger partial charge on any atom is 0.414 e. The number of carbonyl (C=O) groups excluding carboxylic acids is 3. The number of benzene rings is 2. The molecule has 0 aliphatic heterocycles. The summed E-state index contributed by atoms with van der Waals surface area (Å²) >= 11 is 5.97. The van der Waals surface area contributed by atoms with Crippen LogP contribution in [0.5, 0.6) is 11.6 Å². The molecule has 0 atom stereocenters. The Bertz CT molecular complexity index is 1450. The predicted octanol–water partition coefficient (Wildman–Crippen LogP) is 2.57. The molecule has 0 spiro atoms. The first kappa shape index (κ1) is 30.3. The van der Waals surface area contributed by atoms with Gasteiger partial charge >= 0.3 is 6.09 Å². The van der Waals surface area contributed by atoms with Crippen LogP contribution in [-0.4, -0.2) is 65.2 Å². The molecule has 1 aromatic heterocycles. The third kappa shape index (κ3) is 8.66. The van der Waals surface area contributed by atoms with Crippen LogP contribution in [0.3, 0.4) is 0 Å². The first-order valence-electron chi connectivity index (χ1n) is 11.8. The zero-order chi connectivity index (χ0) is 29.1. The van der Waals surface area contributed by atoms with E-state index in [4.69, 9.17) is 25.8 Å². The Morgan fingerprint density at radius 3 is 2.33 bits per heavy atom. The zero-order valence-corrected chi connectivity index (χ0v) is 23.2. The van der Waals surface area contributed by atoms with Crippen LogP contribution >= 0.6 is 11.6 Å². The van der Waals surface area contributed by atoms with Crippen LogP contribution in [0, 0.1) is 0 Å². The number of sulfonamides is 1. The summed E-state index contributed by atoms with van der Waals surface area (Å²) in [6, 6.07) is 13.1. The van der Waals surface area contributed by atoms with Gasteiger partial charge in [0, 0.05) is 37.5 Å².